The Bertz CT molecular complexity index is 8240. The maximum atomic E-state index is 5.97. The minimum absolute atomic E-state index is 0. The molecular weight excluding hydrogens is 1870 g/mol. The molecule has 0 aliphatic carbocycles. The number of hydrogen-bond donors (Lipinski definition) is 0. The van der Waals surface area contributed by atoms with Gasteiger partial charge in [0.15, 0.2) is 0 Å². The Balaban J connectivity index is 0.000000118. The molecule has 3 unspecified atom stereocenters. The summed E-state index contributed by atoms with van der Waals surface area (Å²) in [5, 5.41) is 23.1. The van der Waals surface area contributed by atoms with E-state index in [1.54, 1.807) is 0 Å². The molecule has 0 bridgehead atoms. The molecule has 0 N–H and O–H groups in total. The van der Waals surface area contributed by atoms with E-state index in [-0.39, 0.29) is 26.5 Å². The Morgan fingerprint density at radius 2 is 0.619 bits per heavy atom. The molecule has 11 heteroatoms. The molecule has 10 nitrogen and oxygen atoms in total. The van der Waals surface area contributed by atoms with Gasteiger partial charge in [0, 0.05) is 95.1 Å². The average molecular weight is 1990 g/mol. The largest absolute Gasteiger partial charge is 2.00 e. The number of pyridine rings is 2. The number of aryl methyl sites for hydroxylation is 5. The second kappa shape index (κ2) is 38.6. The first-order chi connectivity index (χ1) is 67.2. The van der Waals surface area contributed by atoms with Crippen LogP contribution in [0.4, 0.5) is 0 Å². The van der Waals surface area contributed by atoms with E-state index in [0.717, 1.165) is 69.8 Å². The number of para-hydroxylation sites is 6. The third-order valence-corrected chi connectivity index (χ3v) is 28.5. The van der Waals surface area contributed by atoms with Crippen LogP contribution in [0.25, 0.3) is 194 Å². The van der Waals surface area contributed by atoms with Crippen LogP contribution in [0.15, 0.2) is 357 Å². The molecule has 0 saturated heterocycles. The van der Waals surface area contributed by atoms with Crippen LogP contribution >= 0.6 is 0 Å². The summed E-state index contributed by atoms with van der Waals surface area (Å²) in [7, 11) is 0. The third-order valence-electron chi connectivity index (χ3n) is 28.5. The molecule has 3 atom stereocenters. The maximum absolute atomic E-state index is 5.97. The van der Waals surface area contributed by atoms with E-state index in [1.807, 2.05) is 42.5 Å². The predicted octanol–water partition coefficient (Wildman–Crippen LogP) is 33.9. The van der Waals surface area contributed by atoms with Crippen LogP contribution in [-0.4, -0.2) is 42.7 Å². The van der Waals surface area contributed by atoms with Gasteiger partial charge in [-0.05, 0) is 253 Å². The van der Waals surface area contributed by atoms with Crippen molar-refractivity contribution in [2.24, 2.45) is 17.8 Å². The third kappa shape index (κ3) is 17.6. The van der Waals surface area contributed by atoms with Crippen LogP contribution in [0.2, 0.25) is 0 Å². The van der Waals surface area contributed by atoms with E-state index in [4.69, 9.17) is 14.4 Å². The molecule has 16 aromatic carbocycles. The minimum Gasteiger partial charge on any atom is -0.416 e. The fraction of sp³-hybridized carbons (Fsp3) is 0.188. The summed E-state index contributed by atoms with van der Waals surface area (Å²) in [6, 6.07) is 129. The van der Waals surface area contributed by atoms with Gasteiger partial charge < -0.3 is 26.9 Å². The van der Waals surface area contributed by atoms with E-state index < -0.39 is 0 Å². The van der Waals surface area contributed by atoms with Gasteiger partial charge in [-0.2, -0.15) is 0 Å². The van der Waals surface area contributed by atoms with Crippen LogP contribution in [0, 0.1) is 64.5 Å². The zero-order valence-corrected chi connectivity index (χ0v) is 84.0. The topological polar surface area (TPSA) is 88.3 Å². The van der Waals surface area contributed by atoms with E-state index in [0.29, 0.717) is 23.6 Å². The first-order valence-corrected chi connectivity index (χ1v) is 49.1. The van der Waals surface area contributed by atoms with Crippen molar-refractivity contribution in [3.8, 4) is 73.6 Å². The van der Waals surface area contributed by atoms with Crippen molar-refractivity contribution in [1.29, 1.82) is 0 Å². The number of aromatic nitrogens is 9. The van der Waals surface area contributed by atoms with Crippen molar-refractivity contribution in [3.63, 3.8) is 0 Å². The van der Waals surface area contributed by atoms with Gasteiger partial charge in [0.25, 0.3) is 0 Å². The SMILES string of the molecule is CCC(C)Cc1cc(C)c(-c2cn3c4ccccc4c4ccc[c-]c4c3n2)c(C)c1.CCC(C)Cc1ccc(-c2ccc(-c3nnc(-c4ccc(C(C)(C)C)cc4)o3)cc2)cc1.CCC(C)Cc1ccc(-n2c3ccc(-n4c5ccccc5c5ccccc54)cc3c3cc(-n4c5ccccc5c5ccccc54)ccc32)cc1.Cc1cc(C)c(-c2cn3c4ccccc4c4ccc[c-]c4c3n2)c(C)c1.[Pt+2]. The van der Waals surface area contributed by atoms with Crippen LogP contribution < -0.4 is 0 Å². The quantitative estimate of drug-likeness (QED) is 0.0669. The number of nitrogens with zero attached hydrogens (tertiary/aromatic N) is 9. The van der Waals surface area contributed by atoms with Crippen molar-refractivity contribution >= 4 is 120 Å². The summed E-state index contributed by atoms with van der Waals surface area (Å²) >= 11 is 0. The van der Waals surface area contributed by atoms with Crippen LogP contribution in [0.3, 0.4) is 0 Å². The second-order valence-electron chi connectivity index (χ2n) is 39.3. The van der Waals surface area contributed by atoms with Gasteiger partial charge in [-0.25, -0.2) is 0 Å². The summed E-state index contributed by atoms with van der Waals surface area (Å²) in [6.45, 7) is 31.3. The summed E-state index contributed by atoms with van der Waals surface area (Å²) in [4.78, 5) is 10.2. The van der Waals surface area contributed by atoms with Crippen molar-refractivity contribution in [2.75, 3.05) is 0 Å². The van der Waals surface area contributed by atoms with Gasteiger partial charge in [-0.1, -0.05) is 292 Å². The molecule has 0 aliphatic rings. The molecule has 0 spiro atoms. The second-order valence-corrected chi connectivity index (χ2v) is 39.3. The molecule has 139 heavy (non-hydrogen) atoms. The van der Waals surface area contributed by atoms with Crippen LogP contribution in [-0.2, 0) is 45.7 Å². The van der Waals surface area contributed by atoms with Gasteiger partial charge in [0.05, 0.1) is 55.8 Å². The number of benzene rings is 16. The predicted molar refractivity (Wildman–Crippen MR) is 581 cm³/mol. The van der Waals surface area contributed by atoms with E-state index >= 15 is 0 Å². The molecule has 0 aliphatic heterocycles. The smallest absolute Gasteiger partial charge is 0.416 e. The van der Waals surface area contributed by atoms with E-state index in [2.05, 4.69) is 451 Å². The summed E-state index contributed by atoms with van der Waals surface area (Å²) < 4.78 is 17.7. The van der Waals surface area contributed by atoms with Gasteiger partial charge in [-0.3, -0.25) is 9.97 Å². The fourth-order valence-corrected chi connectivity index (χ4v) is 21.0. The van der Waals surface area contributed by atoms with Gasteiger partial charge >= 0.3 is 21.1 Å². The van der Waals surface area contributed by atoms with Crippen molar-refractivity contribution < 1.29 is 25.5 Å². The van der Waals surface area contributed by atoms with E-state index in [9.17, 15) is 0 Å². The molecule has 24 aromatic rings. The molecule has 0 radical (unpaired) electrons. The van der Waals surface area contributed by atoms with Crippen LogP contribution in [0.1, 0.15) is 132 Å². The average Bonchev–Trinajstić information content (AvgIpc) is 1.56. The van der Waals surface area contributed by atoms with E-state index in [1.165, 1.54) is 207 Å². The Kier molecular flexibility index (Phi) is 25.5. The van der Waals surface area contributed by atoms with Crippen LogP contribution in [0.5, 0.6) is 0 Å². The van der Waals surface area contributed by atoms with Crippen molar-refractivity contribution in [2.45, 2.75) is 141 Å². The number of rotatable bonds is 17. The molecular formula is C128H115N9OPt. The first-order valence-electron chi connectivity index (χ1n) is 49.1. The molecule has 0 amide bonds. The number of imidazole rings is 2. The molecule has 8 aromatic heterocycles. The van der Waals surface area contributed by atoms with Gasteiger partial charge in [-0.15, -0.1) is 69.5 Å². The normalized spacial score (nSPS) is 12.4. The number of hydrogen-bond acceptors (Lipinski definition) is 5. The fourth-order valence-electron chi connectivity index (χ4n) is 21.0. The summed E-state index contributed by atoms with van der Waals surface area (Å²) in [5.74, 6) is 3.18. The first kappa shape index (κ1) is 91.9. The maximum Gasteiger partial charge on any atom is 2.00 e. The summed E-state index contributed by atoms with van der Waals surface area (Å²) in [5.41, 5.74) is 36.0. The zero-order valence-electron chi connectivity index (χ0n) is 81.7. The molecule has 8 heterocycles. The molecule has 0 saturated carbocycles. The Morgan fingerprint density at radius 1 is 0.309 bits per heavy atom. The molecule has 0 fully saturated rings. The number of fused-ring (bicyclic) bond motifs is 21. The zero-order chi connectivity index (χ0) is 94.7. The van der Waals surface area contributed by atoms with Crippen molar-refractivity contribution in [1.82, 2.24) is 42.7 Å². The monoisotopic (exact) mass is 1990 g/mol. The Morgan fingerprint density at radius 3 is 1.01 bits per heavy atom. The Hall–Kier alpha value is -14.8. The van der Waals surface area contributed by atoms with Crippen molar-refractivity contribution in [3.05, 3.63) is 414 Å². The molecule has 24 rings (SSSR count). The van der Waals surface area contributed by atoms with Gasteiger partial charge in [0.1, 0.15) is 0 Å². The van der Waals surface area contributed by atoms with Gasteiger partial charge in [0.2, 0.25) is 11.8 Å². The molecule has 688 valence electrons. The summed E-state index contributed by atoms with van der Waals surface area (Å²) in [6.07, 6.45) is 11.4. The Labute approximate surface area is 828 Å². The minimum atomic E-state index is 0. The standard InChI is InChI=1S/C47H37N3.C29H32N2O.C28H27N2.C24H19N2.Pt/c1-3-31(2)28-32-20-22-33(23-21-32)48-46-26-24-34(49-42-16-8-4-12-36(42)37-13-5-9-17-43(37)49)29-40(46)41-30-35(25-27-47(41)48)50-44-18-10-6-14-38(44)39-15-7-11-19-45(39)50;1-6-20(2)19-21-7-9-22(10-8-21)23-11-13-24(14-12-23)27-30-31-28(32-27)25-15-17-26(18-16-25)29(3,4)5;1-5-18(2)14-21-15-19(3)27(20(4)16-21)25-17-30-26-13-9-8-11-23(26)22-10-6-7-12-24(22)28(30)29-25;1-15-12-16(2)23(17(3)13-15)21-14-26-22-11-7-6-9-19(22)18-8-4-5-10-20(18)24(26)25-21;/h4-27,29-31H,3,28H2,1-2H3;7-18,20H,6,19H2,1-5H3;6-11,13,15-18H,5,14H2,1-4H3;4-9,11-14H,1-3H3;/q;;2*-1;+2.